The summed E-state index contributed by atoms with van der Waals surface area (Å²) < 4.78 is 18.6. The van der Waals surface area contributed by atoms with Crippen LogP contribution in [0.4, 0.5) is 14.9 Å². The Kier molecular flexibility index (Phi) is 4.27. The van der Waals surface area contributed by atoms with Gasteiger partial charge in [0.25, 0.3) is 0 Å². The Morgan fingerprint density at radius 2 is 2.26 bits per heavy atom. The molecule has 6 heteroatoms. The standard InChI is InChI=1S/C13H16ClFN2O2/c1-8-9(2)19-6-5-17(8)13(18)16-12-7-10(15)3-4-11(12)14/h3-4,7-9H,5-6H2,1-2H3,(H,16,18)/t8-,9-/m0/s1. The smallest absolute Gasteiger partial charge is 0.322 e. The van der Waals surface area contributed by atoms with Gasteiger partial charge in [-0.1, -0.05) is 11.6 Å². The number of ether oxygens (including phenoxy) is 1. The highest BCUT2D eigenvalue weighted by Gasteiger charge is 2.29. The third kappa shape index (κ3) is 3.16. The molecule has 2 rings (SSSR count). The molecule has 4 nitrogen and oxygen atoms in total. The minimum absolute atomic E-state index is 0.0255. The summed E-state index contributed by atoms with van der Waals surface area (Å²) >= 11 is 5.92. The molecular formula is C13H16ClFN2O2. The number of morpholine rings is 1. The average molecular weight is 287 g/mol. The zero-order valence-electron chi connectivity index (χ0n) is 10.8. The lowest BCUT2D eigenvalue weighted by molar-refractivity contribution is -0.0355. The molecule has 19 heavy (non-hydrogen) atoms. The zero-order valence-corrected chi connectivity index (χ0v) is 11.6. The molecule has 2 atom stereocenters. The van der Waals surface area contributed by atoms with Gasteiger partial charge in [0.1, 0.15) is 5.82 Å². The molecule has 0 radical (unpaired) electrons. The molecule has 0 spiro atoms. The minimum Gasteiger partial charge on any atom is -0.375 e. The number of nitrogens with zero attached hydrogens (tertiary/aromatic N) is 1. The van der Waals surface area contributed by atoms with Crippen molar-refractivity contribution in [1.29, 1.82) is 0 Å². The summed E-state index contributed by atoms with van der Waals surface area (Å²) in [5.74, 6) is -0.442. The highest BCUT2D eigenvalue weighted by molar-refractivity contribution is 6.33. The zero-order chi connectivity index (χ0) is 14.0. The van der Waals surface area contributed by atoms with E-state index >= 15 is 0 Å². The van der Waals surface area contributed by atoms with Crippen molar-refractivity contribution in [2.45, 2.75) is 26.0 Å². The van der Waals surface area contributed by atoms with Crippen LogP contribution in [0.1, 0.15) is 13.8 Å². The van der Waals surface area contributed by atoms with Gasteiger partial charge >= 0.3 is 6.03 Å². The molecule has 0 unspecified atom stereocenters. The van der Waals surface area contributed by atoms with Gasteiger partial charge in [0.15, 0.2) is 0 Å². The van der Waals surface area contributed by atoms with E-state index in [0.29, 0.717) is 18.2 Å². The largest absolute Gasteiger partial charge is 0.375 e. The normalized spacial score (nSPS) is 23.3. The van der Waals surface area contributed by atoms with Crippen molar-refractivity contribution in [3.8, 4) is 0 Å². The molecule has 1 saturated heterocycles. The summed E-state index contributed by atoms with van der Waals surface area (Å²) in [4.78, 5) is 13.8. The number of anilines is 1. The van der Waals surface area contributed by atoms with Crippen LogP contribution in [0.5, 0.6) is 0 Å². The van der Waals surface area contributed by atoms with Gasteiger partial charge in [-0.15, -0.1) is 0 Å². The molecule has 1 N–H and O–H groups in total. The van der Waals surface area contributed by atoms with Crippen LogP contribution in [0, 0.1) is 5.82 Å². The number of urea groups is 1. The van der Waals surface area contributed by atoms with Crippen LogP contribution >= 0.6 is 11.6 Å². The molecule has 104 valence electrons. The van der Waals surface area contributed by atoms with Crippen LogP contribution in [0.15, 0.2) is 18.2 Å². The third-order valence-electron chi connectivity index (χ3n) is 3.31. The number of carbonyl (C=O) groups is 1. The summed E-state index contributed by atoms with van der Waals surface area (Å²) in [6.45, 7) is 4.83. The first-order chi connectivity index (χ1) is 8.99. The number of halogens is 2. The van der Waals surface area contributed by atoms with Gasteiger partial charge in [0.05, 0.1) is 29.5 Å². The van der Waals surface area contributed by atoms with Crippen LogP contribution < -0.4 is 5.32 Å². The van der Waals surface area contributed by atoms with Crippen LogP contribution in [0.3, 0.4) is 0 Å². The molecule has 1 fully saturated rings. The van der Waals surface area contributed by atoms with Gasteiger partial charge in [-0.05, 0) is 32.0 Å². The number of rotatable bonds is 1. The Hall–Kier alpha value is -1.33. The van der Waals surface area contributed by atoms with Gasteiger partial charge in [-0.2, -0.15) is 0 Å². The van der Waals surface area contributed by atoms with Crippen molar-refractivity contribution in [2.24, 2.45) is 0 Å². The second-order valence-corrected chi connectivity index (χ2v) is 4.97. The topological polar surface area (TPSA) is 41.6 Å². The molecule has 1 aromatic rings. The predicted molar refractivity (Wildman–Crippen MR) is 72.0 cm³/mol. The second kappa shape index (κ2) is 5.75. The van der Waals surface area contributed by atoms with Crippen molar-refractivity contribution < 1.29 is 13.9 Å². The van der Waals surface area contributed by atoms with Gasteiger partial charge in [0.2, 0.25) is 0 Å². The van der Waals surface area contributed by atoms with E-state index in [1.54, 1.807) is 4.90 Å². The highest BCUT2D eigenvalue weighted by atomic mass is 35.5. The van der Waals surface area contributed by atoms with E-state index in [0.717, 1.165) is 0 Å². The molecule has 0 aliphatic carbocycles. The van der Waals surface area contributed by atoms with Gasteiger partial charge in [0, 0.05) is 6.54 Å². The van der Waals surface area contributed by atoms with Crippen LogP contribution in [0.2, 0.25) is 5.02 Å². The van der Waals surface area contributed by atoms with E-state index in [-0.39, 0.29) is 23.9 Å². The first-order valence-corrected chi connectivity index (χ1v) is 6.51. The molecule has 1 aliphatic rings. The summed E-state index contributed by atoms with van der Waals surface area (Å²) in [5, 5.41) is 2.94. The third-order valence-corrected chi connectivity index (χ3v) is 3.64. The maximum Gasteiger partial charge on any atom is 0.322 e. The number of nitrogens with one attached hydrogen (secondary N) is 1. The lowest BCUT2D eigenvalue weighted by Crippen LogP contribution is -2.52. The fourth-order valence-electron chi connectivity index (χ4n) is 2.00. The van der Waals surface area contributed by atoms with Crippen LogP contribution in [-0.4, -0.2) is 36.2 Å². The van der Waals surface area contributed by atoms with Crippen molar-refractivity contribution in [3.63, 3.8) is 0 Å². The van der Waals surface area contributed by atoms with Crippen molar-refractivity contribution in [2.75, 3.05) is 18.5 Å². The quantitative estimate of drug-likeness (QED) is 0.862. The van der Waals surface area contributed by atoms with Crippen LogP contribution in [0.25, 0.3) is 0 Å². The molecule has 1 heterocycles. The van der Waals surface area contributed by atoms with E-state index in [9.17, 15) is 9.18 Å². The van der Waals surface area contributed by atoms with Gasteiger partial charge in [-0.25, -0.2) is 9.18 Å². The Balaban J connectivity index is 2.10. The number of amides is 2. The van der Waals surface area contributed by atoms with E-state index < -0.39 is 5.82 Å². The fourth-order valence-corrected chi connectivity index (χ4v) is 2.16. The minimum atomic E-state index is -0.442. The molecule has 1 aromatic carbocycles. The van der Waals surface area contributed by atoms with E-state index in [1.807, 2.05) is 13.8 Å². The number of hydrogen-bond donors (Lipinski definition) is 1. The summed E-state index contributed by atoms with van der Waals surface area (Å²) in [6, 6.07) is 3.53. The number of carbonyl (C=O) groups excluding carboxylic acids is 1. The summed E-state index contributed by atoms with van der Waals surface area (Å²) in [6.07, 6.45) is -0.0255. The summed E-state index contributed by atoms with van der Waals surface area (Å²) in [7, 11) is 0. The second-order valence-electron chi connectivity index (χ2n) is 4.56. The van der Waals surface area contributed by atoms with Gasteiger partial charge in [-0.3, -0.25) is 0 Å². The Labute approximate surface area is 116 Å². The Morgan fingerprint density at radius 1 is 1.53 bits per heavy atom. The molecule has 0 bridgehead atoms. The van der Waals surface area contributed by atoms with Crippen molar-refractivity contribution >= 4 is 23.3 Å². The Morgan fingerprint density at radius 3 is 3.00 bits per heavy atom. The van der Waals surface area contributed by atoms with Crippen molar-refractivity contribution in [1.82, 2.24) is 4.90 Å². The lowest BCUT2D eigenvalue weighted by atomic mass is 10.1. The first kappa shape index (κ1) is 14.1. The molecular weight excluding hydrogens is 271 g/mol. The monoisotopic (exact) mass is 286 g/mol. The number of hydrogen-bond acceptors (Lipinski definition) is 2. The van der Waals surface area contributed by atoms with E-state index in [4.69, 9.17) is 16.3 Å². The predicted octanol–water partition coefficient (Wildman–Crippen LogP) is 3.12. The van der Waals surface area contributed by atoms with E-state index in [1.165, 1.54) is 18.2 Å². The maximum atomic E-state index is 13.1. The first-order valence-electron chi connectivity index (χ1n) is 6.13. The maximum absolute atomic E-state index is 13.1. The fraction of sp³-hybridized carbons (Fsp3) is 0.462. The SMILES string of the molecule is C[C@@H]1OCCN(C(=O)Nc2cc(F)ccc2Cl)[C@H]1C. The molecule has 0 aromatic heterocycles. The summed E-state index contributed by atoms with van der Waals surface area (Å²) in [5.41, 5.74) is 0.276. The number of benzene rings is 1. The highest BCUT2D eigenvalue weighted by Crippen LogP contribution is 2.23. The molecule has 2 amide bonds. The Bertz CT molecular complexity index is 484. The average Bonchev–Trinajstić information content (AvgIpc) is 2.37. The lowest BCUT2D eigenvalue weighted by Gasteiger charge is -2.37. The molecule has 0 saturated carbocycles. The van der Waals surface area contributed by atoms with Gasteiger partial charge < -0.3 is 15.0 Å². The van der Waals surface area contributed by atoms with Crippen molar-refractivity contribution in [3.05, 3.63) is 29.0 Å². The van der Waals surface area contributed by atoms with Crippen LogP contribution in [-0.2, 0) is 4.74 Å². The molecule has 1 aliphatic heterocycles. The van der Waals surface area contributed by atoms with E-state index in [2.05, 4.69) is 5.32 Å².